The molecule has 8 heteroatoms. The van der Waals surface area contributed by atoms with Gasteiger partial charge in [-0.15, -0.1) is 11.8 Å². The monoisotopic (exact) mass is 400 g/mol. The average Bonchev–Trinajstić information content (AvgIpc) is 3.16. The van der Waals surface area contributed by atoms with Crippen LogP contribution in [0, 0.1) is 0 Å². The van der Waals surface area contributed by atoms with E-state index in [1.807, 2.05) is 18.4 Å². The van der Waals surface area contributed by atoms with Crippen LogP contribution >= 0.6 is 11.8 Å². The van der Waals surface area contributed by atoms with E-state index in [1.54, 1.807) is 49.2 Å². The lowest BCUT2D eigenvalue weighted by atomic mass is 10.2. The number of benzene rings is 2. The number of methoxy groups -OCH3 is 2. The van der Waals surface area contributed by atoms with Gasteiger partial charge in [0.25, 0.3) is 5.91 Å². The zero-order chi connectivity index (χ0) is 20.1. The highest BCUT2D eigenvalue weighted by molar-refractivity contribution is 7.98. The van der Waals surface area contributed by atoms with Crippen molar-refractivity contribution in [2.75, 3.05) is 32.4 Å². The molecule has 1 heterocycles. The molecule has 0 saturated heterocycles. The number of carbonyl (C=O) groups is 2. The molecule has 0 bridgehead atoms. The van der Waals surface area contributed by atoms with Gasteiger partial charge in [0.15, 0.2) is 6.61 Å². The van der Waals surface area contributed by atoms with Crippen molar-refractivity contribution >= 4 is 40.2 Å². The Morgan fingerprint density at radius 1 is 1.07 bits per heavy atom. The minimum absolute atomic E-state index is 0.221. The molecule has 2 aromatic carbocycles. The molecule has 28 heavy (non-hydrogen) atoms. The van der Waals surface area contributed by atoms with Crippen LogP contribution in [0.25, 0.3) is 10.9 Å². The van der Waals surface area contributed by atoms with Gasteiger partial charge >= 0.3 is 5.97 Å². The van der Waals surface area contributed by atoms with E-state index in [2.05, 4.69) is 10.3 Å². The van der Waals surface area contributed by atoms with Crippen molar-refractivity contribution in [1.29, 1.82) is 0 Å². The number of hydrogen-bond acceptors (Lipinski definition) is 6. The second-order valence-electron chi connectivity index (χ2n) is 5.83. The van der Waals surface area contributed by atoms with Gasteiger partial charge in [-0.2, -0.15) is 0 Å². The van der Waals surface area contributed by atoms with Crippen molar-refractivity contribution in [3.8, 4) is 11.5 Å². The van der Waals surface area contributed by atoms with Gasteiger partial charge in [-0.1, -0.05) is 0 Å². The maximum atomic E-state index is 12.3. The Balaban J connectivity index is 1.64. The standard InChI is InChI=1S/C20H20N2O5S/c1-25-14-8-12-9-16(22-19(12)17(10-14)26-2)20(24)27-11-18(23)21-13-4-6-15(28-3)7-5-13/h4-10,22H,11H2,1-3H3,(H,21,23). The SMILES string of the molecule is COc1cc(OC)c2[nH]c(C(=O)OCC(=O)Nc3ccc(SC)cc3)cc2c1. The summed E-state index contributed by atoms with van der Waals surface area (Å²) in [6.07, 6.45) is 1.97. The number of aromatic amines is 1. The Morgan fingerprint density at radius 3 is 2.46 bits per heavy atom. The van der Waals surface area contributed by atoms with Crippen molar-refractivity contribution in [3.05, 3.63) is 48.2 Å². The second-order valence-corrected chi connectivity index (χ2v) is 6.71. The number of esters is 1. The molecule has 2 N–H and O–H groups in total. The fourth-order valence-corrected chi connectivity index (χ4v) is 3.06. The fourth-order valence-electron chi connectivity index (χ4n) is 2.65. The Morgan fingerprint density at radius 2 is 1.82 bits per heavy atom. The maximum absolute atomic E-state index is 12.3. The van der Waals surface area contributed by atoms with Crippen molar-refractivity contribution in [1.82, 2.24) is 4.98 Å². The van der Waals surface area contributed by atoms with Crippen molar-refractivity contribution < 1.29 is 23.8 Å². The Labute approximate surface area is 166 Å². The highest BCUT2D eigenvalue weighted by Crippen LogP contribution is 2.31. The van der Waals surface area contributed by atoms with Crippen LogP contribution in [0.1, 0.15) is 10.5 Å². The molecule has 0 aliphatic rings. The molecule has 3 aromatic rings. The van der Waals surface area contributed by atoms with Gasteiger partial charge in [-0.05, 0) is 42.7 Å². The van der Waals surface area contributed by atoms with Crippen LogP contribution in [0.15, 0.2) is 47.4 Å². The van der Waals surface area contributed by atoms with Crippen molar-refractivity contribution in [2.45, 2.75) is 4.90 Å². The largest absolute Gasteiger partial charge is 0.497 e. The summed E-state index contributed by atoms with van der Waals surface area (Å²) in [4.78, 5) is 28.4. The van der Waals surface area contributed by atoms with Crippen LogP contribution in [0.4, 0.5) is 5.69 Å². The predicted molar refractivity (Wildman–Crippen MR) is 109 cm³/mol. The maximum Gasteiger partial charge on any atom is 0.355 e. The summed E-state index contributed by atoms with van der Waals surface area (Å²) in [5.41, 5.74) is 1.51. The molecule has 0 atom stereocenters. The van der Waals surface area contributed by atoms with Crippen LogP contribution in [0.5, 0.6) is 11.5 Å². The normalized spacial score (nSPS) is 10.5. The van der Waals surface area contributed by atoms with Crippen molar-refractivity contribution in [3.63, 3.8) is 0 Å². The number of fused-ring (bicyclic) bond motifs is 1. The summed E-state index contributed by atoms with van der Waals surface area (Å²) in [6.45, 7) is -0.390. The number of nitrogens with one attached hydrogen (secondary N) is 2. The minimum atomic E-state index is -0.634. The molecule has 0 saturated carbocycles. The van der Waals surface area contributed by atoms with Crippen LogP contribution in [-0.4, -0.2) is 43.9 Å². The molecule has 0 spiro atoms. The lowest BCUT2D eigenvalue weighted by molar-refractivity contribution is -0.119. The summed E-state index contributed by atoms with van der Waals surface area (Å²) in [6, 6.07) is 12.5. The van der Waals surface area contributed by atoms with E-state index in [9.17, 15) is 9.59 Å². The first kappa shape index (κ1) is 19.6. The van der Waals surface area contributed by atoms with E-state index < -0.39 is 11.9 Å². The molecule has 0 unspecified atom stereocenters. The van der Waals surface area contributed by atoms with Crippen LogP contribution < -0.4 is 14.8 Å². The van der Waals surface area contributed by atoms with E-state index in [-0.39, 0.29) is 12.3 Å². The van der Waals surface area contributed by atoms with Crippen LogP contribution in [0.3, 0.4) is 0 Å². The molecule has 0 aliphatic heterocycles. The Hall–Kier alpha value is -3.13. The quantitative estimate of drug-likeness (QED) is 0.464. The Kier molecular flexibility index (Phi) is 6.10. The van der Waals surface area contributed by atoms with Crippen LogP contribution in [-0.2, 0) is 9.53 Å². The summed E-state index contributed by atoms with van der Waals surface area (Å²) < 4.78 is 15.6. The number of carbonyl (C=O) groups excluding carboxylic acids is 2. The summed E-state index contributed by atoms with van der Waals surface area (Å²) >= 11 is 1.61. The van der Waals surface area contributed by atoms with Gasteiger partial charge in [0, 0.05) is 22.0 Å². The first-order valence-corrected chi connectivity index (χ1v) is 9.62. The van der Waals surface area contributed by atoms with Gasteiger partial charge in [0.2, 0.25) is 0 Å². The smallest absolute Gasteiger partial charge is 0.355 e. The number of anilines is 1. The third-order valence-corrected chi connectivity index (χ3v) is 4.79. The lowest BCUT2D eigenvalue weighted by Gasteiger charge is -2.06. The third-order valence-electron chi connectivity index (χ3n) is 4.05. The van der Waals surface area contributed by atoms with Gasteiger partial charge in [-0.3, -0.25) is 4.79 Å². The molecule has 3 rings (SSSR count). The summed E-state index contributed by atoms with van der Waals surface area (Å²) in [5.74, 6) is 0.0979. The van der Waals surface area contributed by atoms with Crippen molar-refractivity contribution in [2.24, 2.45) is 0 Å². The lowest BCUT2D eigenvalue weighted by Crippen LogP contribution is -2.21. The van der Waals surface area contributed by atoms with Gasteiger partial charge in [0.1, 0.15) is 17.2 Å². The topological polar surface area (TPSA) is 89.7 Å². The van der Waals surface area contributed by atoms with E-state index in [0.29, 0.717) is 22.7 Å². The zero-order valence-corrected chi connectivity index (χ0v) is 16.5. The number of aromatic nitrogens is 1. The Bertz CT molecular complexity index is 998. The van der Waals surface area contributed by atoms with E-state index >= 15 is 0 Å². The van der Waals surface area contributed by atoms with E-state index in [1.165, 1.54) is 7.11 Å². The average molecular weight is 400 g/mol. The molecular formula is C20H20N2O5S. The van der Waals surface area contributed by atoms with E-state index in [0.717, 1.165) is 10.3 Å². The number of rotatable bonds is 7. The molecule has 146 valence electrons. The highest BCUT2D eigenvalue weighted by Gasteiger charge is 2.16. The molecule has 1 amide bonds. The number of H-pyrrole nitrogens is 1. The molecular weight excluding hydrogens is 380 g/mol. The minimum Gasteiger partial charge on any atom is -0.497 e. The first-order valence-electron chi connectivity index (χ1n) is 8.40. The molecule has 7 nitrogen and oxygen atoms in total. The number of ether oxygens (including phenoxy) is 3. The van der Waals surface area contributed by atoms with E-state index in [4.69, 9.17) is 14.2 Å². The molecule has 0 fully saturated rings. The number of hydrogen-bond donors (Lipinski definition) is 2. The van der Waals surface area contributed by atoms with Gasteiger partial charge < -0.3 is 24.5 Å². The number of thioether (sulfide) groups is 1. The molecule has 1 aromatic heterocycles. The molecule has 0 radical (unpaired) electrons. The predicted octanol–water partition coefficient (Wildman–Crippen LogP) is 3.70. The second kappa shape index (κ2) is 8.71. The highest BCUT2D eigenvalue weighted by atomic mass is 32.2. The van der Waals surface area contributed by atoms with Crippen LogP contribution in [0.2, 0.25) is 0 Å². The fraction of sp³-hybridized carbons (Fsp3) is 0.200. The van der Waals surface area contributed by atoms with Gasteiger partial charge in [0.05, 0.1) is 19.7 Å². The number of amides is 1. The third kappa shape index (κ3) is 4.40. The summed E-state index contributed by atoms with van der Waals surface area (Å²) in [5, 5.41) is 3.43. The molecule has 0 aliphatic carbocycles. The summed E-state index contributed by atoms with van der Waals surface area (Å²) in [7, 11) is 3.08. The van der Waals surface area contributed by atoms with Gasteiger partial charge in [-0.25, -0.2) is 4.79 Å². The zero-order valence-electron chi connectivity index (χ0n) is 15.7. The first-order chi connectivity index (χ1) is 13.5.